The van der Waals surface area contributed by atoms with Gasteiger partial charge in [0.15, 0.2) is 5.13 Å². The van der Waals surface area contributed by atoms with Gasteiger partial charge >= 0.3 is 0 Å². The van der Waals surface area contributed by atoms with Crippen molar-refractivity contribution < 1.29 is 4.79 Å². The van der Waals surface area contributed by atoms with Crippen molar-refractivity contribution in [2.24, 2.45) is 0 Å². The fourth-order valence-corrected chi connectivity index (χ4v) is 4.41. The van der Waals surface area contributed by atoms with Crippen molar-refractivity contribution in [2.75, 3.05) is 5.32 Å². The summed E-state index contributed by atoms with van der Waals surface area (Å²) in [5.74, 6) is -0.463. The Morgan fingerprint density at radius 3 is 2.00 bits per heavy atom. The summed E-state index contributed by atoms with van der Waals surface area (Å²) in [4.78, 5) is 19.2. The Kier molecular flexibility index (Phi) is 5.77. The predicted octanol–water partition coefficient (Wildman–Crippen LogP) is 6.51. The number of hydrogen-bond donors (Lipinski definition) is 1. The number of nitrogens with zero attached hydrogens (tertiary/aromatic N) is 1. The SMILES string of the molecule is Cc1ccc(-c2nc(NC(=O)C(c3ccccc3)c3ccccc3)sc2C)cc1C. The van der Waals surface area contributed by atoms with Crippen molar-refractivity contribution >= 4 is 22.4 Å². The first kappa shape index (κ1) is 20.0. The van der Waals surface area contributed by atoms with E-state index < -0.39 is 0 Å². The molecule has 30 heavy (non-hydrogen) atoms. The minimum absolute atomic E-state index is 0.0761. The van der Waals surface area contributed by atoms with Crippen LogP contribution in [-0.2, 0) is 4.79 Å². The normalized spacial score (nSPS) is 10.9. The zero-order chi connectivity index (χ0) is 21.1. The molecule has 3 aromatic carbocycles. The van der Waals surface area contributed by atoms with Crippen LogP contribution in [0.15, 0.2) is 78.9 Å². The molecule has 0 atom stereocenters. The van der Waals surface area contributed by atoms with Crippen molar-refractivity contribution in [2.45, 2.75) is 26.7 Å². The average Bonchev–Trinajstić information content (AvgIpc) is 3.11. The molecule has 4 rings (SSSR count). The van der Waals surface area contributed by atoms with E-state index in [9.17, 15) is 4.79 Å². The molecule has 4 heteroatoms. The lowest BCUT2D eigenvalue weighted by Crippen LogP contribution is -2.22. The van der Waals surface area contributed by atoms with Crippen LogP contribution in [0, 0.1) is 20.8 Å². The molecule has 3 nitrogen and oxygen atoms in total. The van der Waals surface area contributed by atoms with Crippen LogP contribution in [0.3, 0.4) is 0 Å². The van der Waals surface area contributed by atoms with Gasteiger partial charge in [-0.15, -0.1) is 11.3 Å². The van der Waals surface area contributed by atoms with Gasteiger partial charge in [-0.1, -0.05) is 72.8 Å². The molecule has 1 heterocycles. The van der Waals surface area contributed by atoms with Gasteiger partial charge in [-0.05, 0) is 49.1 Å². The van der Waals surface area contributed by atoms with Crippen molar-refractivity contribution in [3.05, 3.63) is 106 Å². The number of benzene rings is 3. The molecule has 0 aliphatic carbocycles. The Bertz CT molecular complexity index is 1130. The lowest BCUT2D eigenvalue weighted by molar-refractivity contribution is -0.116. The summed E-state index contributed by atoms with van der Waals surface area (Å²) in [5.41, 5.74) is 6.42. The van der Waals surface area contributed by atoms with Crippen LogP contribution in [0.1, 0.15) is 33.0 Å². The third kappa shape index (κ3) is 4.19. The summed E-state index contributed by atoms with van der Waals surface area (Å²) < 4.78 is 0. The number of rotatable bonds is 5. The molecular weight excluding hydrogens is 388 g/mol. The van der Waals surface area contributed by atoms with Gasteiger partial charge in [0, 0.05) is 10.4 Å². The predicted molar refractivity (Wildman–Crippen MR) is 125 cm³/mol. The number of amides is 1. The van der Waals surface area contributed by atoms with E-state index in [0.717, 1.165) is 27.3 Å². The van der Waals surface area contributed by atoms with Gasteiger partial charge in [-0.25, -0.2) is 4.98 Å². The van der Waals surface area contributed by atoms with Crippen molar-refractivity contribution in [3.8, 4) is 11.3 Å². The smallest absolute Gasteiger partial charge is 0.238 e. The van der Waals surface area contributed by atoms with Gasteiger partial charge in [-0.3, -0.25) is 4.79 Å². The summed E-state index contributed by atoms with van der Waals surface area (Å²) in [6, 6.07) is 26.1. The van der Waals surface area contributed by atoms with Crippen molar-refractivity contribution in [1.82, 2.24) is 4.98 Å². The highest BCUT2D eigenvalue weighted by molar-refractivity contribution is 7.16. The summed E-state index contributed by atoms with van der Waals surface area (Å²) in [6.45, 7) is 6.25. The number of anilines is 1. The monoisotopic (exact) mass is 412 g/mol. The van der Waals surface area contributed by atoms with Gasteiger partial charge in [0.25, 0.3) is 0 Å². The molecule has 0 radical (unpaired) electrons. The lowest BCUT2D eigenvalue weighted by Gasteiger charge is -2.17. The Hall–Kier alpha value is -3.24. The minimum Gasteiger partial charge on any atom is -0.301 e. The summed E-state index contributed by atoms with van der Waals surface area (Å²) in [6.07, 6.45) is 0. The molecule has 0 fully saturated rings. The number of aromatic nitrogens is 1. The molecule has 0 unspecified atom stereocenters. The van der Waals surface area contributed by atoms with Crippen LogP contribution in [0.25, 0.3) is 11.3 Å². The van der Waals surface area contributed by atoms with Crippen LogP contribution in [0.5, 0.6) is 0 Å². The Morgan fingerprint density at radius 2 is 1.43 bits per heavy atom. The van der Waals surface area contributed by atoms with Gasteiger partial charge in [0.2, 0.25) is 5.91 Å². The van der Waals surface area contributed by atoms with E-state index >= 15 is 0 Å². The summed E-state index contributed by atoms with van der Waals surface area (Å²) in [7, 11) is 0. The standard InChI is InChI=1S/C26H24N2OS/c1-17-14-15-22(16-18(17)2)24-19(3)30-26(27-24)28-25(29)23(20-10-6-4-7-11-20)21-12-8-5-9-13-21/h4-16,23H,1-3H3,(H,27,28,29). The van der Waals surface area contributed by atoms with E-state index in [2.05, 4.69) is 37.4 Å². The topological polar surface area (TPSA) is 42.0 Å². The van der Waals surface area contributed by atoms with E-state index in [0.29, 0.717) is 5.13 Å². The maximum atomic E-state index is 13.3. The van der Waals surface area contributed by atoms with Gasteiger partial charge in [0.1, 0.15) is 0 Å². The zero-order valence-electron chi connectivity index (χ0n) is 17.3. The number of thiazole rings is 1. The van der Waals surface area contributed by atoms with Crippen molar-refractivity contribution in [3.63, 3.8) is 0 Å². The molecule has 0 saturated heterocycles. The van der Waals surface area contributed by atoms with Crippen LogP contribution in [-0.4, -0.2) is 10.9 Å². The van der Waals surface area contributed by atoms with E-state index in [1.165, 1.54) is 22.5 Å². The molecule has 1 aromatic heterocycles. The van der Waals surface area contributed by atoms with Crippen LogP contribution >= 0.6 is 11.3 Å². The zero-order valence-corrected chi connectivity index (χ0v) is 18.2. The average molecular weight is 413 g/mol. The number of carbonyl (C=O) groups is 1. The second kappa shape index (κ2) is 8.64. The Balaban J connectivity index is 1.64. The second-order valence-electron chi connectivity index (χ2n) is 7.47. The van der Waals surface area contributed by atoms with Gasteiger partial charge in [0.05, 0.1) is 11.6 Å². The first-order valence-corrected chi connectivity index (χ1v) is 10.8. The first-order valence-electron chi connectivity index (χ1n) is 9.99. The summed E-state index contributed by atoms with van der Waals surface area (Å²) >= 11 is 1.51. The van der Waals surface area contributed by atoms with Gasteiger partial charge in [-0.2, -0.15) is 0 Å². The highest BCUT2D eigenvalue weighted by Gasteiger charge is 2.24. The molecule has 0 spiro atoms. The Morgan fingerprint density at radius 1 is 0.833 bits per heavy atom. The molecule has 0 aliphatic rings. The summed E-state index contributed by atoms with van der Waals surface area (Å²) in [5, 5.41) is 3.69. The lowest BCUT2D eigenvalue weighted by atomic mass is 9.90. The van der Waals surface area contributed by atoms with Crippen LogP contribution in [0.4, 0.5) is 5.13 Å². The molecule has 0 aliphatic heterocycles. The van der Waals surface area contributed by atoms with Crippen molar-refractivity contribution in [1.29, 1.82) is 0 Å². The number of nitrogens with one attached hydrogen (secondary N) is 1. The quantitative estimate of drug-likeness (QED) is 0.406. The molecule has 4 aromatic rings. The molecular formula is C26H24N2OS. The fourth-order valence-electron chi connectivity index (χ4n) is 3.57. The van der Waals surface area contributed by atoms with E-state index in [4.69, 9.17) is 4.98 Å². The van der Waals surface area contributed by atoms with E-state index in [1.807, 2.05) is 67.6 Å². The largest absolute Gasteiger partial charge is 0.301 e. The minimum atomic E-state index is -0.387. The first-order chi connectivity index (χ1) is 14.5. The Labute approximate surface area is 181 Å². The highest BCUT2D eigenvalue weighted by Crippen LogP contribution is 2.33. The second-order valence-corrected chi connectivity index (χ2v) is 8.67. The number of hydrogen-bond acceptors (Lipinski definition) is 3. The van der Waals surface area contributed by atoms with E-state index in [-0.39, 0.29) is 11.8 Å². The van der Waals surface area contributed by atoms with Crippen LogP contribution in [0.2, 0.25) is 0 Å². The molecule has 0 bridgehead atoms. The molecule has 1 N–H and O–H groups in total. The third-order valence-corrected chi connectivity index (χ3v) is 6.22. The fraction of sp³-hybridized carbons (Fsp3) is 0.154. The molecule has 1 amide bonds. The molecule has 0 saturated carbocycles. The van der Waals surface area contributed by atoms with Crippen LogP contribution < -0.4 is 5.32 Å². The highest BCUT2D eigenvalue weighted by atomic mass is 32.1. The number of carbonyl (C=O) groups excluding carboxylic acids is 1. The third-order valence-electron chi connectivity index (χ3n) is 5.34. The maximum absolute atomic E-state index is 13.3. The number of aryl methyl sites for hydroxylation is 3. The van der Waals surface area contributed by atoms with Gasteiger partial charge < -0.3 is 5.32 Å². The maximum Gasteiger partial charge on any atom is 0.238 e. The molecule has 150 valence electrons. The van der Waals surface area contributed by atoms with E-state index in [1.54, 1.807) is 0 Å².